The molecule has 0 aromatic heterocycles. The molecule has 0 spiro atoms. The van der Waals surface area contributed by atoms with Crippen LogP contribution in [0.4, 0.5) is 11.4 Å². The zero-order chi connectivity index (χ0) is 25.2. The summed E-state index contributed by atoms with van der Waals surface area (Å²) in [6.07, 6.45) is 7.91. The molecule has 1 amide bonds. The van der Waals surface area contributed by atoms with Crippen LogP contribution in [-0.2, 0) is 11.2 Å². The van der Waals surface area contributed by atoms with Crippen molar-refractivity contribution in [3.63, 3.8) is 0 Å². The van der Waals surface area contributed by atoms with Crippen LogP contribution in [0.15, 0.2) is 72.8 Å². The van der Waals surface area contributed by atoms with E-state index in [4.69, 9.17) is 9.47 Å². The largest absolute Gasteiger partial charge is 0.493 e. The van der Waals surface area contributed by atoms with Crippen LogP contribution in [0.2, 0.25) is 0 Å². The Hall–Kier alpha value is -3.47. The summed E-state index contributed by atoms with van der Waals surface area (Å²) in [5.74, 6) is 1.69. The third-order valence-electron chi connectivity index (χ3n) is 6.94. The lowest BCUT2D eigenvalue weighted by Gasteiger charge is -2.24. The summed E-state index contributed by atoms with van der Waals surface area (Å²) < 4.78 is 11.8. The smallest absolute Gasteiger partial charge is 0.214 e. The van der Waals surface area contributed by atoms with E-state index in [9.17, 15) is 4.79 Å². The van der Waals surface area contributed by atoms with Crippen LogP contribution in [0.3, 0.4) is 0 Å². The maximum Gasteiger partial charge on any atom is 0.214 e. The van der Waals surface area contributed by atoms with Crippen molar-refractivity contribution < 1.29 is 14.3 Å². The molecular formula is C31H38N2O3. The Morgan fingerprint density at radius 2 is 1.81 bits per heavy atom. The molecule has 5 heteroatoms. The Morgan fingerprint density at radius 3 is 2.56 bits per heavy atom. The second-order valence-electron chi connectivity index (χ2n) is 9.66. The fourth-order valence-electron chi connectivity index (χ4n) is 4.85. The van der Waals surface area contributed by atoms with Crippen LogP contribution >= 0.6 is 0 Å². The van der Waals surface area contributed by atoms with E-state index in [1.165, 1.54) is 18.4 Å². The van der Waals surface area contributed by atoms with E-state index >= 15 is 0 Å². The number of amides is 1. The number of ether oxygens (including phenoxy) is 2. The lowest BCUT2D eigenvalue weighted by Crippen LogP contribution is -2.26. The van der Waals surface area contributed by atoms with Gasteiger partial charge < -0.3 is 19.7 Å². The highest BCUT2D eigenvalue weighted by atomic mass is 16.5. The summed E-state index contributed by atoms with van der Waals surface area (Å²) in [6.45, 7) is 3.60. The topological polar surface area (TPSA) is 50.8 Å². The normalized spacial score (nSPS) is 14.3. The molecule has 0 aliphatic heterocycles. The highest BCUT2D eigenvalue weighted by Gasteiger charge is 2.20. The van der Waals surface area contributed by atoms with Crippen LogP contribution in [-0.4, -0.2) is 32.7 Å². The van der Waals surface area contributed by atoms with Crippen LogP contribution in [0.1, 0.15) is 56.1 Å². The molecule has 1 aliphatic rings. The van der Waals surface area contributed by atoms with E-state index in [1.807, 2.05) is 30.3 Å². The molecule has 36 heavy (non-hydrogen) atoms. The molecule has 3 aromatic rings. The van der Waals surface area contributed by atoms with Gasteiger partial charge in [-0.25, -0.2) is 0 Å². The first kappa shape index (κ1) is 25.6. The summed E-state index contributed by atoms with van der Waals surface area (Å²) in [4.78, 5) is 13.8. The Morgan fingerprint density at radius 1 is 1.00 bits per heavy atom. The van der Waals surface area contributed by atoms with Gasteiger partial charge in [0.05, 0.1) is 13.2 Å². The Labute approximate surface area is 215 Å². The standard InChI is InChI=1S/C31H38N2O3/c1-24(26-17-18-30(35-2)31(20-26)36-29-15-6-7-16-29)22-33(23-34)28-14-8-13-27(21-28)32-19-9-12-25-10-4-3-5-11-25/h3-5,8,10-11,13-14,17-18,20-21,23-24,29,32H,6-7,9,12,15-16,19,22H2,1-2H3. The fourth-order valence-corrected chi connectivity index (χ4v) is 4.85. The monoisotopic (exact) mass is 486 g/mol. The van der Waals surface area contributed by atoms with Crippen LogP contribution in [0.25, 0.3) is 0 Å². The molecule has 1 unspecified atom stereocenters. The first-order valence-electron chi connectivity index (χ1n) is 13.1. The molecule has 1 N–H and O–H groups in total. The Kier molecular flexibility index (Phi) is 9.26. The van der Waals surface area contributed by atoms with Crippen LogP contribution in [0.5, 0.6) is 11.5 Å². The first-order chi connectivity index (χ1) is 17.7. The molecule has 5 nitrogen and oxygen atoms in total. The van der Waals surface area contributed by atoms with Crippen molar-refractivity contribution in [2.24, 2.45) is 0 Å². The Bertz CT molecular complexity index is 1100. The van der Waals surface area contributed by atoms with Crippen molar-refractivity contribution in [2.75, 3.05) is 30.4 Å². The second-order valence-corrected chi connectivity index (χ2v) is 9.66. The fraction of sp³-hybridized carbons (Fsp3) is 0.387. The van der Waals surface area contributed by atoms with E-state index in [1.54, 1.807) is 12.0 Å². The lowest BCUT2D eigenvalue weighted by molar-refractivity contribution is -0.107. The number of benzene rings is 3. The number of nitrogens with zero attached hydrogens (tertiary/aromatic N) is 1. The molecule has 4 rings (SSSR count). The summed E-state index contributed by atoms with van der Waals surface area (Å²) in [7, 11) is 1.68. The average Bonchev–Trinajstić information content (AvgIpc) is 3.43. The van der Waals surface area contributed by atoms with Crippen molar-refractivity contribution in [1.82, 2.24) is 0 Å². The van der Waals surface area contributed by atoms with Crippen LogP contribution < -0.4 is 19.7 Å². The Balaban J connectivity index is 1.36. The van der Waals surface area contributed by atoms with Crippen molar-refractivity contribution >= 4 is 17.8 Å². The molecule has 0 bridgehead atoms. The van der Waals surface area contributed by atoms with Gasteiger partial charge in [0.2, 0.25) is 6.41 Å². The van der Waals surface area contributed by atoms with Gasteiger partial charge in [0, 0.05) is 24.5 Å². The van der Waals surface area contributed by atoms with Gasteiger partial charge in [-0.1, -0.05) is 49.4 Å². The van der Waals surface area contributed by atoms with Gasteiger partial charge in [-0.15, -0.1) is 0 Å². The number of carbonyl (C=O) groups is 1. The minimum absolute atomic E-state index is 0.134. The quantitative estimate of drug-likeness (QED) is 0.213. The van der Waals surface area contributed by atoms with Gasteiger partial charge in [0.15, 0.2) is 11.5 Å². The van der Waals surface area contributed by atoms with Crippen molar-refractivity contribution in [1.29, 1.82) is 0 Å². The number of hydrogen-bond acceptors (Lipinski definition) is 4. The van der Waals surface area contributed by atoms with Crippen LogP contribution in [0, 0.1) is 0 Å². The summed E-state index contributed by atoms with van der Waals surface area (Å²) >= 11 is 0. The number of nitrogens with one attached hydrogen (secondary N) is 1. The molecule has 0 heterocycles. The van der Waals surface area contributed by atoms with E-state index < -0.39 is 0 Å². The van der Waals surface area contributed by atoms with Gasteiger partial charge >= 0.3 is 0 Å². The van der Waals surface area contributed by atoms with Crippen molar-refractivity contribution in [3.05, 3.63) is 83.9 Å². The van der Waals surface area contributed by atoms with Crippen molar-refractivity contribution in [2.45, 2.75) is 57.5 Å². The van der Waals surface area contributed by atoms with Gasteiger partial charge in [0.1, 0.15) is 0 Å². The number of rotatable bonds is 13. The second kappa shape index (κ2) is 13.0. The first-order valence-corrected chi connectivity index (χ1v) is 13.1. The number of carbonyl (C=O) groups excluding carboxylic acids is 1. The maximum absolute atomic E-state index is 12.1. The van der Waals surface area contributed by atoms with Gasteiger partial charge in [-0.05, 0) is 85.9 Å². The molecule has 3 aromatic carbocycles. The SMILES string of the molecule is COc1ccc(C(C)CN(C=O)c2cccc(NCCCc3ccccc3)c2)cc1OC1CCCC1. The minimum atomic E-state index is 0.134. The summed E-state index contributed by atoms with van der Waals surface area (Å²) in [5, 5.41) is 3.50. The van der Waals surface area contributed by atoms with Gasteiger partial charge in [-0.3, -0.25) is 4.79 Å². The number of methoxy groups -OCH3 is 1. The van der Waals surface area contributed by atoms with E-state index in [2.05, 4.69) is 54.7 Å². The highest BCUT2D eigenvalue weighted by Crippen LogP contribution is 2.35. The molecule has 0 radical (unpaired) electrons. The predicted molar refractivity (Wildman–Crippen MR) is 147 cm³/mol. The molecule has 1 atom stereocenters. The van der Waals surface area contributed by atoms with Gasteiger partial charge in [0.25, 0.3) is 0 Å². The summed E-state index contributed by atoms with van der Waals surface area (Å²) in [6, 6.07) is 24.7. The number of aryl methyl sites for hydroxylation is 1. The zero-order valence-electron chi connectivity index (χ0n) is 21.5. The van der Waals surface area contributed by atoms with Gasteiger partial charge in [-0.2, -0.15) is 0 Å². The number of hydrogen-bond donors (Lipinski definition) is 1. The maximum atomic E-state index is 12.1. The third kappa shape index (κ3) is 7.03. The van der Waals surface area contributed by atoms with E-state index in [0.717, 1.165) is 67.1 Å². The molecule has 1 aliphatic carbocycles. The van der Waals surface area contributed by atoms with Crippen molar-refractivity contribution in [3.8, 4) is 11.5 Å². The molecule has 1 fully saturated rings. The lowest BCUT2D eigenvalue weighted by atomic mass is 9.99. The molecular weight excluding hydrogens is 448 g/mol. The van der Waals surface area contributed by atoms with E-state index in [0.29, 0.717) is 6.54 Å². The number of anilines is 2. The molecule has 1 saturated carbocycles. The summed E-state index contributed by atoms with van der Waals surface area (Å²) in [5.41, 5.74) is 4.40. The minimum Gasteiger partial charge on any atom is -0.493 e. The predicted octanol–water partition coefficient (Wildman–Crippen LogP) is 6.83. The molecule has 0 saturated heterocycles. The van der Waals surface area contributed by atoms with E-state index in [-0.39, 0.29) is 12.0 Å². The zero-order valence-corrected chi connectivity index (χ0v) is 21.5. The highest BCUT2D eigenvalue weighted by molar-refractivity contribution is 5.77. The molecule has 190 valence electrons. The third-order valence-corrected chi connectivity index (χ3v) is 6.94. The average molecular weight is 487 g/mol.